The second kappa shape index (κ2) is 5.47. The Hall–Kier alpha value is -2.90. The lowest BCUT2D eigenvalue weighted by Crippen LogP contribution is -2.39. The number of nitrogens with zero attached hydrogens (tertiary/aromatic N) is 3. The molecule has 0 radical (unpaired) electrons. The minimum atomic E-state index is -0.945. The van der Waals surface area contributed by atoms with E-state index in [0.29, 0.717) is 10.3 Å². The summed E-state index contributed by atoms with van der Waals surface area (Å²) in [4.78, 5) is 34.4. The van der Waals surface area contributed by atoms with Crippen LogP contribution in [-0.4, -0.2) is 14.1 Å². The molecule has 0 unspecified atom stereocenters. The number of rotatable bonds is 3. The first-order valence-electron chi connectivity index (χ1n) is 6.52. The van der Waals surface area contributed by atoms with Gasteiger partial charge in [0.05, 0.1) is 4.92 Å². The number of nitro groups is 1. The van der Waals surface area contributed by atoms with Crippen molar-refractivity contribution >= 4 is 17.2 Å². The third kappa shape index (κ3) is 2.50. The van der Waals surface area contributed by atoms with Gasteiger partial charge < -0.3 is 5.32 Å². The highest BCUT2D eigenvalue weighted by Gasteiger charge is 2.25. The monoisotopic (exact) mass is 304 g/mol. The predicted octanol–water partition coefficient (Wildman–Crippen LogP) is 1.35. The summed E-state index contributed by atoms with van der Waals surface area (Å²) in [5.41, 5.74) is 0.373. The third-order valence-corrected chi connectivity index (χ3v) is 3.59. The van der Waals surface area contributed by atoms with Gasteiger partial charge in [-0.25, -0.2) is 4.79 Å². The first-order valence-corrected chi connectivity index (χ1v) is 6.52. The summed E-state index contributed by atoms with van der Waals surface area (Å²) in [7, 11) is 2.58. The molecule has 0 aliphatic heterocycles. The highest BCUT2D eigenvalue weighted by atomic mass is 16.6. The van der Waals surface area contributed by atoms with E-state index >= 15 is 0 Å². The van der Waals surface area contributed by atoms with Crippen LogP contribution in [0.15, 0.2) is 27.8 Å². The van der Waals surface area contributed by atoms with Crippen molar-refractivity contribution < 1.29 is 4.92 Å². The van der Waals surface area contributed by atoms with Gasteiger partial charge in [0, 0.05) is 19.8 Å². The van der Waals surface area contributed by atoms with Gasteiger partial charge in [0.15, 0.2) is 5.82 Å². The van der Waals surface area contributed by atoms with Crippen molar-refractivity contribution in [2.75, 3.05) is 5.32 Å². The Labute approximate surface area is 125 Å². The molecule has 0 amide bonds. The summed E-state index contributed by atoms with van der Waals surface area (Å²) >= 11 is 0. The van der Waals surface area contributed by atoms with Crippen LogP contribution in [0.2, 0.25) is 0 Å². The summed E-state index contributed by atoms with van der Waals surface area (Å²) in [5.74, 6) is -0.138. The molecule has 1 aromatic heterocycles. The van der Waals surface area contributed by atoms with Crippen LogP contribution in [0.25, 0.3) is 0 Å². The lowest BCUT2D eigenvalue weighted by Gasteiger charge is -2.13. The lowest BCUT2D eigenvalue weighted by molar-refractivity contribution is -0.386. The molecule has 8 heteroatoms. The van der Waals surface area contributed by atoms with Crippen LogP contribution in [0.5, 0.6) is 0 Å². The van der Waals surface area contributed by atoms with Crippen LogP contribution < -0.4 is 16.6 Å². The molecule has 0 fully saturated rings. The van der Waals surface area contributed by atoms with E-state index in [-0.39, 0.29) is 5.82 Å². The van der Waals surface area contributed by atoms with Gasteiger partial charge in [0.2, 0.25) is 0 Å². The average molecular weight is 304 g/mol. The fraction of sp³-hybridized carbons (Fsp3) is 0.286. The molecule has 0 saturated heterocycles. The van der Waals surface area contributed by atoms with E-state index in [1.807, 2.05) is 19.9 Å². The van der Waals surface area contributed by atoms with Gasteiger partial charge in [-0.05, 0) is 37.1 Å². The van der Waals surface area contributed by atoms with Crippen LogP contribution >= 0.6 is 0 Å². The average Bonchev–Trinajstić information content (AvgIpc) is 2.46. The normalized spacial score (nSPS) is 10.5. The van der Waals surface area contributed by atoms with Crippen molar-refractivity contribution in [2.24, 2.45) is 14.1 Å². The molecule has 0 saturated carbocycles. The van der Waals surface area contributed by atoms with Crippen molar-refractivity contribution in [3.05, 3.63) is 60.3 Å². The van der Waals surface area contributed by atoms with Crippen molar-refractivity contribution in [3.63, 3.8) is 0 Å². The van der Waals surface area contributed by atoms with Crippen molar-refractivity contribution in [1.82, 2.24) is 9.13 Å². The standard InChI is InChI=1S/C14H16N4O4/c1-8-5-6-10(7-9(8)2)15-12-11(18(21)22)13(19)17(4)14(20)16(12)3/h5-7,15H,1-4H3. The molecule has 0 bridgehead atoms. The van der Waals surface area contributed by atoms with Gasteiger partial charge in [-0.1, -0.05) is 6.07 Å². The van der Waals surface area contributed by atoms with E-state index in [1.54, 1.807) is 12.1 Å². The maximum absolute atomic E-state index is 12.0. The van der Waals surface area contributed by atoms with Gasteiger partial charge >= 0.3 is 16.9 Å². The van der Waals surface area contributed by atoms with Crippen molar-refractivity contribution in [1.29, 1.82) is 0 Å². The zero-order valence-corrected chi connectivity index (χ0v) is 12.7. The fourth-order valence-corrected chi connectivity index (χ4v) is 2.09. The molecule has 2 aromatic rings. The largest absolute Gasteiger partial charge is 0.374 e. The van der Waals surface area contributed by atoms with E-state index in [2.05, 4.69) is 5.32 Å². The Balaban J connectivity index is 2.69. The Kier molecular flexibility index (Phi) is 3.85. The molecular formula is C14H16N4O4. The van der Waals surface area contributed by atoms with Gasteiger partial charge in [-0.3, -0.25) is 24.0 Å². The Bertz CT molecular complexity index is 880. The second-order valence-corrected chi connectivity index (χ2v) is 5.08. The number of hydrogen-bond donors (Lipinski definition) is 1. The van der Waals surface area contributed by atoms with E-state index in [9.17, 15) is 19.7 Å². The summed E-state index contributed by atoms with van der Waals surface area (Å²) < 4.78 is 1.76. The minimum absolute atomic E-state index is 0.138. The maximum Gasteiger partial charge on any atom is 0.374 e. The Morgan fingerprint density at radius 2 is 1.73 bits per heavy atom. The topological polar surface area (TPSA) is 99.2 Å². The molecular weight excluding hydrogens is 288 g/mol. The molecule has 8 nitrogen and oxygen atoms in total. The van der Waals surface area contributed by atoms with Crippen molar-refractivity contribution in [3.8, 4) is 0 Å². The van der Waals surface area contributed by atoms with E-state index in [0.717, 1.165) is 15.7 Å². The molecule has 116 valence electrons. The molecule has 0 spiro atoms. The quantitative estimate of drug-likeness (QED) is 0.681. The zero-order valence-electron chi connectivity index (χ0n) is 12.7. The molecule has 1 aromatic carbocycles. The minimum Gasteiger partial charge on any atom is -0.336 e. The fourth-order valence-electron chi connectivity index (χ4n) is 2.09. The summed E-state index contributed by atoms with van der Waals surface area (Å²) in [5, 5.41) is 14.0. The highest BCUT2D eigenvalue weighted by molar-refractivity contribution is 5.66. The number of aryl methyl sites for hydroxylation is 2. The molecule has 2 rings (SSSR count). The molecule has 22 heavy (non-hydrogen) atoms. The van der Waals surface area contributed by atoms with Crippen LogP contribution in [0.4, 0.5) is 17.2 Å². The number of benzene rings is 1. The number of anilines is 2. The Morgan fingerprint density at radius 3 is 2.27 bits per heavy atom. The number of nitrogens with one attached hydrogen (secondary N) is 1. The SMILES string of the molecule is Cc1ccc(Nc2c([N+](=O)[O-])c(=O)n(C)c(=O)n2C)cc1C. The number of aromatic nitrogens is 2. The van der Waals surface area contributed by atoms with Crippen LogP contribution in [0.3, 0.4) is 0 Å². The predicted molar refractivity (Wildman–Crippen MR) is 82.8 cm³/mol. The zero-order chi connectivity index (χ0) is 16.6. The molecule has 1 N–H and O–H groups in total. The van der Waals surface area contributed by atoms with Gasteiger partial charge in [-0.15, -0.1) is 0 Å². The van der Waals surface area contributed by atoms with Gasteiger partial charge in [0.1, 0.15) is 0 Å². The summed E-state index contributed by atoms with van der Waals surface area (Å²) in [6, 6.07) is 5.37. The maximum atomic E-state index is 12.0. The van der Waals surface area contributed by atoms with Crippen molar-refractivity contribution in [2.45, 2.75) is 13.8 Å². The molecule has 1 heterocycles. The van der Waals surface area contributed by atoms with Crippen LogP contribution in [-0.2, 0) is 14.1 Å². The molecule has 0 aliphatic rings. The molecule has 0 atom stereocenters. The van der Waals surface area contributed by atoms with E-state index in [1.165, 1.54) is 14.1 Å². The smallest absolute Gasteiger partial charge is 0.336 e. The molecule has 0 aliphatic carbocycles. The highest BCUT2D eigenvalue weighted by Crippen LogP contribution is 2.23. The number of hydrogen-bond acceptors (Lipinski definition) is 5. The lowest BCUT2D eigenvalue weighted by atomic mass is 10.1. The van der Waals surface area contributed by atoms with Crippen LogP contribution in [0, 0.1) is 24.0 Å². The summed E-state index contributed by atoms with van der Waals surface area (Å²) in [6.07, 6.45) is 0. The second-order valence-electron chi connectivity index (χ2n) is 5.08. The van der Waals surface area contributed by atoms with Gasteiger partial charge in [0.25, 0.3) is 0 Å². The Morgan fingerprint density at radius 1 is 1.09 bits per heavy atom. The third-order valence-electron chi connectivity index (χ3n) is 3.59. The first-order chi connectivity index (χ1) is 10.2. The van der Waals surface area contributed by atoms with E-state index < -0.39 is 21.9 Å². The van der Waals surface area contributed by atoms with Gasteiger partial charge in [-0.2, -0.15) is 0 Å². The van der Waals surface area contributed by atoms with E-state index in [4.69, 9.17) is 0 Å². The van der Waals surface area contributed by atoms with Crippen LogP contribution in [0.1, 0.15) is 11.1 Å². The summed E-state index contributed by atoms with van der Waals surface area (Å²) in [6.45, 7) is 3.84. The first kappa shape index (κ1) is 15.5.